The van der Waals surface area contributed by atoms with Gasteiger partial charge in [-0.3, -0.25) is 0 Å². The topological polar surface area (TPSA) is 30.2 Å². The van der Waals surface area contributed by atoms with Crippen molar-refractivity contribution in [3.63, 3.8) is 0 Å². The molecule has 0 aliphatic heterocycles. The van der Waals surface area contributed by atoms with Crippen LogP contribution >= 0.6 is 0 Å². The molecule has 2 heteroatoms. The van der Waals surface area contributed by atoms with Crippen molar-refractivity contribution >= 4 is 11.0 Å². The van der Waals surface area contributed by atoms with E-state index in [0.29, 0.717) is 11.1 Å². The van der Waals surface area contributed by atoms with Crippen LogP contribution in [-0.2, 0) is 0 Å². The Hall–Kier alpha value is -1.57. The van der Waals surface area contributed by atoms with Crippen molar-refractivity contribution in [2.45, 2.75) is 34.1 Å². The highest BCUT2D eigenvalue weighted by atomic mass is 16.4. The Morgan fingerprint density at radius 3 is 2.25 bits per heavy atom. The summed E-state index contributed by atoms with van der Waals surface area (Å²) in [7, 11) is 0. The maximum Gasteiger partial charge on any atom is 0.339 e. The molecule has 0 bridgehead atoms. The van der Waals surface area contributed by atoms with Gasteiger partial charge in [0.05, 0.1) is 0 Å². The molecule has 1 aromatic heterocycles. The molecule has 0 amide bonds. The summed E-state index contributed by atoms with van der Waals surface area (Å²) in [6, 6.07) is 7.57. The molecule has 0 radical (unpaired) electrons. The minimum atomic E-state index is -0.240. The second-order valence-electron chi connectivity index (χ2n) is 3.84. The summed E-state index contributed by atoms with van der Waals surface area (Å²) in [5, 5.41) is 1.01. The molecule has 16 heavy (non-hydrogen) atoms. The third-order valence-corrected chi connectivity index (χ3v) is 2.36. The summed E-state index contributed by atoms with van der Waals surface area (Å²) in [5.74, 6) is 0. The molecule has 1 heterocycles. The van der Waals surface area contributed by atoms with Crippen molar-refractivity contribution in [3.05, 3.63) is 45.8 Å². The number of benzene rings is 1. The van der Waals surface area contributed by atoms with Crippen molar-refractivity contribution in [3.8, 4) is 0 Å². The van der Waals surface area contributed by atoms with Crippen LogP contribution in [0.25, 0.3) is 11.0 Å². The number of hydrogen-bond donors (Lipinski definition) is 0. The maximum absolute atomic E-state index is 11.3. The van der Waals surface area contributed by atoms with Gasteiger partial charge >= 0.3 is 5.63 Å². The number of hydrogen-bond acceptors (Lipinski definition) is 2. The largest absolute Gasteiger partial charge is 0.423 e. The van der Waals surface area contributed by atoms with E-state index in [-0.39, 0.29) is 5.63 Å². The van der Waals surface area contributed by atoms with E-state index in [1.807, 2.05) is 31.2 Å². The SMILES string of the molecule is CCC.Cc1c(C)c2ccccc2oc1=O. The van der Waals surface area contributed by atoms with Crippen molar-refractivity contribution in [1.82, 2.24) is 0 Å². The fourth-order valence-electron chi connectivity index (χ4n) is 1.40. The van der Waals surface area contributed by atoms with Crippen LogP contribution in [0.2, 0.25) is 0 Å². The van der Waals surface area contributed by atoms with Gasteiger partial charge in [-0.1, -0.05) is 38.5 Å². The highest BCUT2D eigenvalue weighted by Crippen LogP contribution is 2.17. The molecule has 0 unspecified atom stereocenters. The fourth-order valence-corrected chi connectivity index (χ4v) is 1.40. The third kappa shape index (κ3) is 2.51. The zero-order valence-corrected chi connectivity index (χ0v) is 10.3. The van der Waals surface area contributed by atoms with Crippen LogP contribution in [0.3, 0.4) is 0 Å². The van der Waals surface area contributed by atoms with Gasteiger partial charge in [-0.2, -0.15) is 0 Å². The Morgan fingerprint density at radius 2 is 1.62 bits per heavy atom. The van der Waals surface area contributed by atoms with Crippen LogP contribution in [0.15, 0.2) is 33.5 Å². The summed E-state index contributed by atoms with van der Waals surface area (Å²) in [4.78, 5) is 11.3. The average molecular weight is 218 g/mol. The van der Waals surface area contributed by atoms with Crippen LogP contribution in [-0.4, -0.2) is 0 Å². The van der Waals surface area contributed by atoms with Crippen LogP contribution < -0.4 is 5.63 Å². The van der Waals surface area contributed by atoms with Crippen molar-refractivity contribution in [2.24, 2.45) is 0 Å². The van der Waals surface area contributed by atoms with Gasteiger partial charge in [-0.25, -0.2) is 4.79 Å². The number of rotatable bonds is 0. The summed E-state index contributed by atoms with van der Waals surface area (Å²) in [6.07, 6.45) is 1.25. The normalized spacial score (nSPS) is 9.75. The molecule has 0 atom stereocenters. The molecule has 0 aliphatic carbocycles. The van der Waals surface area contributed by atoms with Gasteiger partial charge in [0.2, 0.25) is 0 Å². The number of fused-ring (bicyclic) bond motifs is 1. The lowest BCUT2D eigenvalue weighted by atomic mass is 10.1. The monoisotopic (exact) mass is 218 g/mol. The van der Waals surface area contributed by atoms with Crippen molar-refractivity contribution in [2.75, 3.05) is 0 Å². The summed E-state index contributed by atoms with van der Waals surface area (Å²) in [6.45, 7) is 7.97. The standard InChI is InChI=1S/C11H10O2.C3H8/c1-7-8(2)11(12)13-10-6-4-3-5-9(7)10;1-3-2/h3-6H,1-2H3;3H2,1-2H3. The van der Waals surface area contributed by atoms with Gasteiger partial charge in [0.25, 0.3) is 0 Å². The molecule has 86 valence electrons. The molecule has 0 aliphatic rings. The predicted octanol–water partition coefficient (Wildman–Crippen LogP) is 3.83. The molecular weight excluding hydrogens is 200 g/mol. The fraction of sp³-hybridized carbons (Fsp3) is 0.357. The molecule has 0 N–H and O–H groups in total. The van der Waals surface area contributed by atoms with Gasteiger partial charge in [0, 0.05) is 10.9 Å². The minimum Gasteiger partial charge on any atom is -0.423 e. The van der Waals surface area contributed by atoms with Crippen LogP contribution in [0, 0.1) is 13.8 Å². The summed E-state index contributed by atoms with van der Waals surface area (Å²) >= 11 is 0. The first-order valence-electron chi connectivity index (χ1n) is 5.60. The third-order valence-electron chi connectivity index (χ3n) is 2.36. The molecule has 2 aromatic rings. The van der Waals surface area contributed by atoms with E-state index in [1.54, 1.807) is 6.92 Å². The van der Waals surface area contributed by atoms with E-state index in [2.05, 4.69) is 13.8 Å². The molecule has 0 spiro atoms. The lowest BCUT2D eigenvalue weighted by molar-refractivity contribution is 0.553. The van der Waals surface area contributed by atoms with E-state index in [1.165, 1.54) is 6.42 Å². The molecule has 2 rings (SSSR count). The Bertz CT molecular complexity index is 524. The quantitative estimate of drug-likeness (QED) is 0.629. The molecule has 0 saturated heterocycles. The van der Waals surface area contributed by atoms with Gasteiger partial charge in [-0.05, 0) is 25.5 Å². The average Bonchev–Trinajstić information content (AvgIpc) is 2.27. The zero-order chi connectivity index (χ0) is 12.1. The lowest BCUT2D eigenvalue weighted by Crippen LogP contribution is -2.05. The first-order valence-corrected chi connectivity index (χ1v) is 5.60. The smallest absolute Gasteiger partial charge is 0.339 e. The molecular formula is C14H18O2. The molecule has 0 fully saturated rings. The highest BCUT2D eigenvalue weighted by molar-refractivity contribution is 5.80. The Balaban J connectivity index is 0.000000386. The lowest BCUT2D eigenvalue weighted by Gasteiger charge is -2.02. The molecule has 2 nitrogen and oxygen atoms in total. The van der Waals surface area contributed by atoms with Crippen LogP contribution in [0.4, 0.5) is 0 Å². The van der Waals surface area contributed by atoms with Gasteiger partial charge in [0.15, 0.2) is 0 Å². The Kier molecular flexibility index (Phi) is 4.29. The van der Waals surface area contributed by atoms with E-state index in [0.717, 1.165) is 10.9 Å². The highest BCUT2D eigenvalue weighted by Gasteiger charge is 2.05. The van der Waals surface area contributed by atoms with Gasteiger partial charge in [-0.15, -0.1) is 0 Å². The number of aryl methyl sites for hydroxylation is 1. The van der Waals surface area contributed by atoms with Crippen molar-refractivity contribution < 1.29 is 4.42 Å². The first-order chi connectivity index (χ1) is 7.61. The minimum absolute atomic E-state index is 0.240. The van der Waals surface area contributed by atoms with E-state index < -0.39 is 0 Å². The zero-order valence-electron chi connectivity index (χ0n) is 10.3. The second-order valence-corrected chi connectivity index (χ2v) is 3.84. The van der Waals surface area contributed by atoms with Gasteiger partial charge in [0.1, 0.15) is 5.58 Å². The summed E-state index contributed by atoms with van der Waals surface area (Å²) in [5.41, 5.74) is 2.12. The van der Waals surface area contributed by atoms with E-state index in [4.69, 9.17) is 4.42 Å². The van der Waals surface area contributed by atoms with E-state index in [9.17, 15) is 4.79 Å². The van der Waals surface area contributed by atoms with E-state index >= 15 is 0 Å². The maximum atomic E-state index is 11.3. The molecule has 1 aromatic carbocycles. The van der Waals surface area contributed by atoms with Crippen LogP contribution in [0.5, 0.6) is 0 Å². The van der Waals surface area contributed by atoms with Crippen molar-refractivity contribution in [1.29, 1.82) is 0 Å². The predicted molar refractivity (Wildman–Crippen MR) is 67.9 cm³/mol. The second kappa shape index (κ2) is 5.50. The Morgan fingerprint density at radius 1 is 1.06 bits per heavy atom. The molecule has 0 saturated carbocycles. The van der Waals surface area contributed by atoms with Gasteiger partial charge < -0.3 is 4.42 Å². The Labute approximate surface area is 95.9 Å². The van der Waals surface area contributed by atoms with Crippen LogP contribution in [0.1, 0.15) is 31.4 Å². The summed E-state index contributed by atoms with van der Waals surface area (Å²) < 4.78 is 5.12. The first kappa shape index (κ1) is 12.5. The number of para-hydroxylation sites is 1.